The van der Waals surface area contributed by atoms with E-state index in [0.717, 1.165) is 5.69 Å². The number of anilines is 1. The Labute approximate surface area is 118 Å². The lowest BCUT2D eigenvalue weighted by molar-refractivity contribution is -0.690. The van der Waals surface area contributed by atoms with E-state index in [0.29, 0.717) is 11.3 Å². The lowest BCUT2D eigenvalue weighted by Crippen LogP contribution is -2.42. The normalized spacial score (nSPS) is 10.1. The summed E-state index contributed by atoms with van der Waals surface area (Å²) in [7, 11) is 0. The van der Waals surface area contributed by atoms with E-state index in [-0.39, 0.29) is 18.2 Å². The number of carbonyl (C=O) groups is 2. The number of aryl methyl sites for hydroxylation is 1. The number of nitrogens with zero attached hydrogens (tertiary/aromatic N) is 1. The van der Waals surface area contributed by atoms with Crippen molar-refractivity contribution in [3.05, 3.63) is 59.9 Å². The van der Waals surface area contributed by atoms with Crippen LogP contribution in [0.25, 0.3) is 0 Å². The Morgan fingerprint density at radius 1 is 1.15 bits per heavy atom. The van der Waals surface area contributed by atoms with Gasteiger partial charge in [0.2, 0.25) is 6.54 Å². The van der Waals surface area contributed by atoms with E-state index < -0.39 is 0 Å². The van der Waals surface area contributed by atoms with Crippen LogP contribution in [0.4, 0.5) is 5.69 Å². The second-order valence-electron chi connectivity index (χ2n) is 4.66. The van der Waals surface area contributed by atoms with Gasteiger partial charge in [-0.2, -0.15) is 4.57 Å². The predicted molar refractivity (Wildman–Crippen MR) is 76.5 cm³/mol. The van der Waals surface area contributed by atoms with Gasteiger partial charge in [-0.3, -0.25) is 9.59 Å². The smallest absolute Gasteiger partial charge is 0.290 e. The Hall–Kier alpha value is -2.49. The van der Waals surface area contributed by atoms with Gasteiger partial charge in [-0.05, 0) is 19.1 Å². The van der Waals surface area contributed by atoms with Crippen molar-refractivity contribution in [3.63, 3.8) is 0 Å². The molecular weight excluding hydrogens is 252 g/mol. The van der Waals surface area contributed by atoms with E-state index in [4.69, 9.17) is 0 Å². The molecule has 0 saturated carbocycles. The van der Waals surface area contributed by atoms with Gasteiger partial charge in [0.15, 0.2) is 17.7 Å². The highest BCUT2D eigenvalue weighted by atomic mass is 16.2. The van der Waals surface area contributed by atoms with Crippen molar-refractivity contribution in [2.45, 2.75) is 20.4 Å². The van der Waals surface area contributed by atoms with Gasteiger partial charge < -0.3 is 5.32 Å². The molecule has 2 rings (SSSR count). The highest BCUT2D eigenvalue weighted by Crippen LogP contribution is 2.11. The third-order valence-electron chi connectivity index (χ3n) is 3.03. The van der Waals surface area contributed by atoms with Gasteiger partial charge in [-0.15, -0.1) is 0 Å². The second kappa shape index (κ2) is 6.10. The van der Waals surface area contributed by atoms with Crippen molar-refractivity contribution in [1.82, 2.24) is 0 Å². The van der Waals surface area contributed by atoms with Crippen LogP contribution in [0.15, 0.2) is 48.7 Å². The third-order valence-corrected chi connectivity index (χ3v) is 3.03. The Morgan fingerprint density at radius 3 is 2.65 bits per heavy atom. The molecule has 0 fully saturated rings. The fourth-order valence-corrected chi connectivity index (χ4v) is 1.91. The molecule has 4 heteroatoms. The zero-order valence-corrected chi connectivity index (χ0v) is 11.6. The monoisotopic (exact) mass is 269 g/mol. The summed E-state index contributed by atoms with van der Waals surface area (Å²) in [5, 5.41) is 2.80. The number of Topliss-reactive ketones (excluding diaryl/α,β-unsaturated/α-hetero) is 1. The van der Waals surface area contributed by atoms with Gasteiger partial charge in [0.05, 0.1) is 0 Å². The van der Waals surface area contributed by atoms with Crippen molar-refractivity contribution in [1.29, 1.82) is 0 Å². The molecule has 0 atom stereocenters. The number of ketones is 1. The number of carbonyl (C=O) groups excluding carboxylic acids is 2. The average Bonchev–Trinajstić information content (AvgIpc) is 2.41. The maximum absolute atomic E-state index is 12.0. The van der Waals surface area contributed by atoms with E-state index in [2.05, 4.69) is 5.32 Å². The van der Waals surface area contributed by atoms with Gasteiger partial charge >= 0.3 is 0 Å². The number of amides is 1. The molecule has 0 radical (unpaired) electrons. The number of benzene rings is 1. The minimum Gasteiger partial charge on any atom is -0.321 e. The highest BCUT2D eigenvalue weighted by molar-refractivity contribution is 5.96. The molecule has 1 heterocycles. The van der Waals surface area contributed by atoms with Crippen LogP contribution >= 0.6 is 0 Å². The topological polar surface area (TPSA) is 50.1 Å². The Balaban J connectivity index is 2.07. The largest absolute Gasteiger partial charge is 0.321 e. The number of hydrogen-bond acceptors (Lipinski definition) is 2. The molecule has 0 aliphatic carbocycles. The number of rotatable bonds is 4. The lowest BCUT2D eigenvalue weighted by Gasteiger charge is -2.05. The van der Waals surface area contributed by atoms with Gasteiger partial charge in [0.25, 0.3) is 5.91 Å². The van der Waals surface area contributed by atoms with Crippen LogP contribution in [-0.4, -0.2) is 11.7 Å². The highest BCUT2D eigenvalue weighted by Gasteiger charge is 2.12. The van der Waals surface area contributed by atoms with E-state index >= 15 is 0 Å². The molecule has 102 valence electrons. The molecule has 1 aromatic heterocycles. The van der Waals surface area contributed by atoms with E-state index in [9.17, 15) is 9.59 Å². The minimum atomic E-state index is -0.120. The zero-order chi connectivity index (χ0) is 14.5. The third kappa shape index (κ3) is 3.51. The van der Waals surface area contributed by atoms with Crippen molar-refractivity contribution >= 4 is 17.4 Å². The first-order valence-electron chi connectivity index (χ1n) is 6.42. The van der Waals surface area contributed by atoms with Crippen molar-refractivity contribution in [2.75, 3.05) is 5.32 Å². The van der Waals surface area contributed by atoms with Gasteiger partial charge in [0, 0.05) is 30.3 Å². The SMILES string of the molecule is CC(=O)c1cccc(NC(=O)C[n+]2ccccc2C)c1. The molecule has 4 nitrogen and oxygen atoms in total. The van der Waals surface area contributed by atoms with Crippen LogP contribution in [0.5, 0.6) is 0 Å². The quantitative estimate of drug-likeness (QED) is 0.683. The summed E-state index contributed by atoms with van der Waals surface area (Å²) in [5.41, 5.74) is 2.24. The van der Waals surface area contributed by atoms with Crippen LogP contribution < -0.4 is 9.88 Å². The Bertz CT molecular complexity index is 650. The van der Waals surface area contributed by atoms with Crippen LogP contribution in [0.2, 0.25) is 0 Å². The van der Waals surface area contributed by atoms with Crippen LogP contribution in [0.1, 0.15) is 23.0 Å². The molecule has 0 spiro atoms. The molecule has 0 unspecified atom stereocenters. The van der Waals surface area contributed by atoms with Gasteiger partial charge in [0.1, 0.15) is 0 Å². The van der Waals surface area contributed by atoms with Gasteiger partial charge in [-0.25, -0.2) is 0 Å². The maximum atomic E-state index is 12.0. The summed E-state index contributed by atoms with van der Waals surface area (Å²) in [6.45, 7) is 3.70. The standard InChI is InChI=1S/C16H16N2O2/c1-12-6-3-4-9-18(12)11-16(20)17-15-8-5-7-14(10-15)13(2)19/h3-10H,11H2,1-2H3/p+1. The molecular formula is C16H17N2O2+. The summed E-state index contributed by atoms with van der Waals surface area (Å²) in [4.78, 5) is 23.3. The van der Waals surface area contributed by atoms with E-state index in [1.54, 1.807) is 24.3 Å². The first-order chi connectivity index (χ1) is 9.56. The lowest BCUT2D eigenvalue weighted by atomic mass is 10.1. The fraction of sp³-hybridized carbons (Fsp3) is 0.188. The molecule has 1 N–H and O–H groups in total. The number of hydrogen-bond donors (Lipinski definition) is 1. The summed E-state index contributed by atoms with van der Waals surface area (Å²) >= 11 is 0. The van der Waals surface area contributed by atoms with Crippen LogP contribution in [0.3, 0.4) is 0 Å². The molecule has 0 aliphatic heterocycles. The van der Waals surface area contributed by atoms with Crippen LogP contribution in [0, 0.1) is 6.92 Å². The van der Waals surface area contributed by atoms with E-state index in [1.165, 1.54) is 6.92 Å². The first kappa shape index (κ1) is 13.9. The molecule has 0 saturated heterocycles. The second-order valence-corrected chi connectivity index (χ2v) is 4.66. The fourth-order valence-electron chi connectivity index (χ4n) is 1.91. The molecule has 0 bridgehead atoms. The minimum absolute atomic E-state index is 0.0191. The van der Waals surface area contributed by atoms with Gasteiger partial charge in [-0.1, -0.05) is 18.2 Å². The molecule has 1 amide bonds. The van der Waals surface area contributed by atoms with Crippen molar-refractivity contribution < 1.29 is 14.2 Å². The molecule has 2 aromatic rings. The summed E-state index contributed by atoms with van der Waals surface area (Å²) in [5.74, 6) is -0.139. The molecule has 0 aliphatic rings. The zero-order valence-electron chi connectivity index (χ0n) is 11.6. The Kier molecular flexibility index (Phi) is 4.25. The molecule has 20 heavy (non-hydrogen) atoms. The average molecular weight is 269 g/mol. The van der Waals surface area contributed by atoms with Crippen molar-refractivity contribution in [3.8, 4) is 0 Å². The summed E-state index contributed by atoms with van der Waals surface area (Å²) in [6.07, 6.45) is 1.86. The Morgan fingerprint density at radius 2 is 1.95 bits per heavy atom. The van der Waals surface area contributed by atoms with Crippen molar-refractivity contribution in [2.24, 2.45) is 0 Å². The predicted octanol–water partition coefficient (Wildman–Crippen LogP) is 2.12. The van der Waals surface area contributed by atoms with Crippen LogP contribution in [-0.2, 0) is 11.3 Å². The number of nitrogens with one attached hydrogen (secondary N) is 1. The summed E-state index contributed by atoms with van der Waals surface area (Å²) in [6, 6.07) is 12.7. The summed E-state index contributed by atoms with van der Waals surface area (Å²) < 4.78 is 1.87. The number of pyridine rings is 1. The maximum Gasteiger partial charge on any atom is 0.290 e. The number of aromatic nitrogens is 1. The first-order valence-corrected chi connectivity index (χ1v) is 6.42. The van der Waals surface area contributed by atoms with E-state index in [1.807, 2.05) is 35.9 Å². The molecule has 1 aromatic carbocycles.